The maximum Gasteiger partial charge on any atom is 0.359 e. The molecule has 1 atom stereocenters. The summed E-state index contributed by atoms with van der Waals surface area (Å²) in [4.78, 5) is 15.5. The van der Waals surface area contributed by atoms with Crippen LogP contribution in [0.4, 0.5) is 4.39 Å². The average molecular weight is 322 g/mol. The van der Waals surface area contributed by atoms with Crippen molar-refractivity contribution in [3.63, 3.8) is 0 Å². The zero-order valence-corrected chi connectivity index (χ0v) is 13.5. The van der Waals surface area contributed by atoms with Gasteiger partial charge in [0.1, 0.15) is 0 Å². The van der Waals surface area contributed by atoms with Crippen molar-refractivity contribution < 1.29 is 23.4 Å². The van der Waals surface area contributed by atoms with E-state index in [1.54, 1.807) is 26.2 Å². The molecule has 1 unspecified atom stereocenters. The van der Waals surface area contributed by atoms with Crippen LogP contribution in [0.3, 0.4) is 0 Å². The maximum atomic E-state index is 13.8. The summed E-state index contributed by atoms with van der Waals surface area (Å²) in [5, 5.41) is 0. The van der Waals surface area contributed by atoms with Crippen LogP contribution in [0.1, 0.15) is 35.9 Å². The Morgan fingerprint density at radius 3 is 2.61 bits per heavy atom. The number of imidazole rings is 1. The summed E-state index contributed by atoms with van der Waals surface area (Å²) in [6.07, 6.45) is 1.28. The highest BCUT2D eigenvalue weighted by molar-refractivity contribution is 5.87. The van der Waals surface area contributed by atoms with Gasteiger partial charge in [-0.15, -0.1) is 0 Å². The molecule has 0 amide bonds. The van der Waals surface area contributed by atoms with Gasteiger partial charge in [-0.05, 0) is 31.5 Å². The number of halogens is 1. The lowest BCUT2D eigenvalue weighted by Gasteiger charge is -2.18. The van der Waals surface area contributed by atoms with Gasteiger partial charge in [0.15, 0.2) is 17.2 Å². The molecule has 1 aromatic heterocycles. The third-order valence-electron chi connectivity index (χ3n) is 3.53. The molecule has 0 fully saturated rings. The SMILES string of the molecule is CCOC(=O)c1c(F)ncn1C(C)c1ccc(OC)c(OC)c1. The number of nitrogens with zero attached hydrogens (tertiary/aromatic N) is 2. The summed E-state index contributed by atoms with van der Waals surface area (Å²) in [5.74, 6) is -0.452. The minimum absolute atomic E-state index is 0.161. The van der Waals surface area contributed by atoms with Gasteiger partial charge in [-0.1, -0.05) is 6.07 Å². The van der Waals surface area contributed by atoms with Crippen molar-refractivity contribution in [2.45, 2.75) is 19.9 Å². The molecule has 0 spiro atoms. The molecule has 0 saturated heterocycles. The predicted octanol–water partition coefficient (Wildman–Crippen LogP) is 2.83. The molecule has 2 aromatic rings. The number of ether oxygens (including phenoxy) is 3. The molecule has 0 aliphatic carbocycles. The van der Waals surface area contributed by atoms with E-state index in [1.807, 2.05) is 13.0 Å². The average Bonchev–Trinajstić information content (AvgIpc) is 2.95. The summed E-state index contributed by atoms with van der Waals surface area (Å²) >= 11 is 0. The summed E-state index contributed by atoms with van der Waals surface area (Å²) in [6, 6.07) is 5.00. The van der Waals surface area contributed by atoms with Gasteiger partial charge < -0.3 is 18.8 Å². The van der Waals surface area contributed by atoms with E-state index in [1.165, 1.54) is 18.0 Å². The number of rotatable bonds is 6. The van der Waals surface area contributed by atoms with Crippen LogP contribution >= 0.6 is 0 Å². The highest BCUT2D eigenvalue weighted by atomic mass is 19.1. The van der Waals surface area contributed by atoms with E-state index in [-0.39, 0.29) is 18.3 Å². The van der Waals surface area contributed by atoms with E-state index in [0.717, 1.165) is 5.56 Å². The number of carbonyl (C=O) groups excluding carboxylic acids is 1. The zero-order chi connectivity index (χ0) is 17.0. The Balaban J connectivity index is 2.41. The van der Waals surface area contributed by atoms with Gasteiger partial charge in [0.2, 0.25) is 5.95 Å². The molecule has 0 aliphatic rings. The first-order chi connectivity index (χ1) is 11.0. The van der Waals surface area contributed by atoms with E-state index in [0.29, 0.717) is 11.5 Å². The standard InChI is InChI=1S/C16H19FN2O4/c1-5-23-16(20)14-15(17)18-9-19(14)10(2)11-6-7-12(21-3)13(8-11)22-4/h6-10H,5H2,1-4H3. The molecule has 0 aliphatic heterocycles. The van der Waals surface area contributed by atoms with Crippen molar-refractivity contribution in [2.24, 2.45) is 0 Å². The second-order valence-corrected chi connectivity index (χ2v) is 4.80. The Bertz CT molecular complexity index is 699. The topological polar surface area (TPSA) is 62.6 Å². The van der Waals surface area contributed by atoms with Gasteiger partial charge in [-0.25, -0.2) is 9.78 Å². The molecule has 1 aromatic carbocycles. The molecule has 0 saturated carbocycles. The second-order valence-electron chi connectivity index (χ2n) is 4.80. The largest absolute Gasteiger partial charge is 0.493 e. The van der Waals surface area contributed by atoms with Crippen molar-refractivity contribution >= 4 is 5.97 Å². The van der Waals surface area contributed by atoms with Gasteiger partial charge >= 0.3 is 5.97 Å². The summed E-state index contributed by atoms with van der Waals surface area (Å²) in [6.45, 7) is 3.65. The molecular formula is C16H19FN2O4. The predicted molar refractivity (Wildman–Crippen MR) is 81.5 cm³/mol. The van der Waals surface area contributed by atoms with Crippen molar-refractivity contribution in [2.75, 3.05) is 20.8 Å². The molecule has 23 heavy (non-hydrogen) atoms. The third kappa shape index (κ3) is 3.28. The normalized spacial score (nSPS) is 11.9. The van der Waals surface area contributed by atoms with E-state index in [2.05, 4.69) is 4.98 Å². The number of methoxy groups -OCH3 is 2. The van der Waals surface area contributed by atoms with Crippen molar-refractivity contribution in [3.05, 3.63) is 41.7 Å². The minimum atomic E-state index is -0.851. The first kappa shape index (κ1) is 16.8. The molecule has 1 heterocycles. The van der Waals surface area contributed by atoms with Crippen LogP contribution in [0.5, 0.6) is 11.5 Å². The van der Waals surface area contributed by atoms with Crippen molar-refractivity contribution in [1.82, 2.24) is 9.55 Å². The number of benzene rings is 1. The highest BCUT2D eigenvalue weighted by Crippen LogP contribution is 2.31. The summed E-state index contributed by atoms with van der Waals surface area (Å²) in [5.41, 5.74) is 0.611. The lowest BCUT2D eigenvalue weighted by atomic mass is 10.1. The number of hydrogen-bond acceptors (Lipinski definition) is 5. The number of hydrogen-bond donors (Lipinski definition) is 0. The van der Waals surface area contributed by atoms with Gasteiger partial charge in [0.25, 0.3) is 0 Å². The quantitative estimate of drug-likeness (QED) is 0.765. The minimum Gasteiger partial charge on any atom is -0.493 e. The Morgan fingerprint density at radius 2 is 2.00 bits per heavy atom. The molecule has 0 radical (unpaired) electrons. The summed E-state index contributed by atoms with van der Waals surface area (Å²) < 4.78 is 30.6. The molecular weight excluding hydrogens is 303 g/mol. The van der Waals surface area contributed by atoms with Crippen LogP contribution in [0.15, 0.2) is 24.5 Å². The zero-order valence-electron chi connectivity index (χ0n) is 13.5. The lowest BCUT2D eigenvalue weighted by molar-refractivity contribution is 0.0506. The Morgan fingerprint density at radius 1 is 1.30 bits per heavy atom. The van der Waals surface area contributed by atoms with Crippen LogP contribution in [-0.2, 0) is 4.74 Å². The van der Waals surface area contributed by atoms with Gasteiger partial charge in [-0.2, -0.15) is 4.39 Å². The fourth-order valence-electron chi connectivity index (χ4n) is 2.29. The van der Waals surface area contributed by atoms with Crippen LogP contribution in [0.25, 0.3) is 0 Å². The maximum absolute atomic E-state index is 13.8. The molecule has 2 rings (SSSR count). The Kier molecular flexibility index (Phi) is 5.20. The number of aromatic nitrogens is 2. The van der Waals surface area contributed by atoms with Crippen molar-refractivity contribution in [3.8, 4) is 11.5 Å². The van der Waals surface area contributed by atoms with Crippen LogP contribution in [0, 0.1) is 5.95 Å². The number of esters is 1. The van der Waals surface area contributed by atoms with Crippen LogP contribution in [-0.4, -0.2) is 36.3 Å². The first-order valence-corrected chi connectivity index (χ1v) is 7.14. The van der Waals surface area contributed by atoms with Crippen molar-refractivity contribution in [1.29, 1.82) is 0 Å². The third-order valence-corrected chi connectivity index (χ3v) is 3.53. The van der Waals surface area contributed by atoms with E-state index in [4.69, 9.17) is 14.2 Å². The van der Waals surface area contributed by atoms with E-state index in [9.17, 15) is 9.18 Å². The molecule has 6 nitrogen and oxygen atoms in total. The van der Waals surface area contributed by atoms with Crippen LogP contribution in [0.2, 0.25) is 0 Å². The van der Waals surface area contributed by atoms with Gasteiger partial charge in [0.05, 0.1) is 33.2 Å². The molecule has 0 bridgehead atoms. The Labute approximate surface area is 133 Å². The monoisotopic (exact) mass is 322 g/mol. The van der Waals surface area contributed by atoms with E-state index < -0.39 is 11.9 Å². The van der Waals surface area contributed by atoms with Crippen LogP contribution < -0.4 is 9.47 Å². The lowest BCUT2D eigenvalue weighted by Crippen LogP contribution is -2.17. The molecule has 0 N–H and O–H groups in total. The smallest absolute Gasteiger partial charge is 0.359 e. The fourth-order valence-corrected chi connectivity index (χ4v) is 2.29. The Hall–Kier alpha value is -2.57. The molecule has 7 heteroatoms. The van der Waals surface area contributed by atoms with E-state index >= 15 is 0 Å². The highest BCUT2D eigenvalue weighted by Gasteiger charge is 2.24. The summed E-state index contributed by atoms with van der Waals surface area (Å²) in [7, 11) is 3.08. The number of carbonyl (C=O) groups is 1. The fraction of sp³-hybridized carbons (Fsp3) is 0.375. The molecule has 124 valence electrons. The van der Waals surface area contributed by atoms with Gasteiger partial charge in [-0.3, -0.25) is 0 Å². The first-order valence-electron chi connectivity index (χ1n) is 7.14. The second kappa shape index (κ2) is 7.13. The van der Waals surface area contributed by atoms with Gasteiger partial charge in [0, 0.05) is 0 Å².